The first-order chi connectivity index (χ1) is 6.36. The van der Waals surface area contributed by atoms with Gasteiger partial charge in [-0.1, -0.05) is 0 Å². The van der Waals surface area contributed by atoms with E-state index in [-0.39, 0.29) is 21.5 Å². The number of nitrogens with zero attached hydrogens (tertiary/aromatic N) is 1. The molecule has 0 saturated carbocycles. The van der Waals surface area contributed by atoms with Gasteiger partial charge in [0.05, 0.1) is 0 Å². The van der Waals surface area contributed by atoms with Crippen molar-refractivity contribution < 1.29 is 21.5 Å². The van der Waals surface area contributed by atoms with E-state index in [1.54, 1.807) is 0 Å². The van der Waals surface area contributed by atoms with Gasteiger partial charge < -0.3 is 0 Å². The molecule has 1 N–H and O–H groups in total. The zero-order valence-corrected chi connectivity index (χ0v) is 9.60. The Morgan fingerprint density at radius 2 is 2.08 bits per heavy atom. The summed E-state index contributed by atoms with van der Waals surface area (Å²) in [4.78, 5) is 0. The van der Waals surface area contributed by atoms with Crippen LogP contribution in [0.1, 0.15) is 6.92 Å². The zero-order valence-electron chi connectivity index (χ0n) is 7.44. The van der Waals surface area contributed by atoms with E-state index in [9.17, 15) is 0 Å². The molecule has 2 rings (SSSR count). The standard InChI is InChI=1S/C10H12IN2/c1-9-12-7-8-13(9)11-10-5-3-2-4-6-10/h2-9,12H,1H3/q-1/t9-/m0/s1. The van der Waals surface area contributed by atoms with Crippen LogP contribution in [0.2, 0.25) is 0 Å². The van der Waals surface area contributed by atoms with E-state index in [4.69, 9.17) is 0 Å². The van der Waals surface area contributed by atoms with E-state index in [0.717, 1.165) is 0 Å². The Kier molecular flexibility index (Phi) is 2.73. The quantitative estimate of drug-likeness (QED) is 0.531. The Morgan fingerprint density at radius 1 is 1.31 bits per heavy atom. The van der Waals surface area contributed by atoms with E-state index in [1.807, 2.05) is 6.20 Å². The summed E-state index contributed by atoms with van der Waals surface area (Å²) in [6.07, 6.45) is 4.63. The van der Waals surface area contributed by atoms with Gasteiger partial charge in [0.15, 0.2) is 0 Å². The minimum atomic E-state index is -0.0330. The molecule has 0 aliphatic carbocycles. The predicted molar refractivity (Wildman–Crippen MR) is 48.7 cm³/mol. The molecule has 70 valence electrons. The fourth-order valence-corrected chi connectivity index (χ4v) is 3.42. The van der Waals surface area contributed by atoms with Crippen LogP contribution < -0.4 is 26.8 Å². The van der Waals surface area contributed by atoms with Crippen molar-refractivity contribution in [1.82, 2.24) is 8.43 Å². The van der Waals surface area contributed by atoms with Crippen LogP contribution in [-0.4, -0.2) is 9.28 Å². The molecule has 0 fully saturated rings. The van der Waals surface area contributed by atoms with Gasteiger partial charge in [0.2, 0.25) is 0 Å². The van der Waals surface area contributed by atoms with Crippen molar-refractivity contribution in [2.45, 2.75) is 13.1 Å². The molecule has 13 heavy (non-hydrogen) atoms. The third kappa shape index (κ3) is 2.15. The van der Waals surface area contributed by atoms with Crippen LogP contribution in [0.4, 0.5) is 0 Å². The van der Waals surface area contributed by atoms with E-state index < -0.39 is 0 Å². The maximum atomic E-state index is 3.26. The number of halogens is 1. The van der Waals surface area contributed by atoms with Crippen LogP contribution in [-0.2, 0) is 0 Å². The fraction of sp³-hybridized carbons (Fsp3) is 0.200. The van der Waals surface area contributed by atoms with Crippen LogP contribution in [0.3, 0.4) is 0 Å². The van der Waals surface area contributed by atoms with E-state index in [1.165, 1.54) is 3.57 Å². The zero-order chi connectivity index (χ0) is 9.10. The van der Waals surface area contributed by atoms with Crippen LogP contribution >= 0.6 is 0 Å². The molecule has 2 nitrogen and oxygen atoms in total. The average Bonchev–Trinajstić information content (AvgIpc) is 2.54. The molecule has 0 spiro atoms. The van der Waals surface area contributed by atoms with Crippen LogP contribution in [0.25, 0.3) is 0 Å². The summed E-state index contributed by atoms with van der Waals surface area (Å²) >= 11 is -0.0330. The monoisotopic (exact) mass is 287 g/mol. The summed E-state index contributed by atoms with van der Waals surface area (Å²) in [7, 11) is 0. The van der Waals surface area contributed by atoms with Crippen molar-refractivity contribution in [3.05, 3.63) is 46.3 Å². The molecule has 1 aromatic rings. The van der Waals surface area contributed by atoms with E-state index in [0.29, 0.717) is 6.17 Å². The third-order valence-corrected chi connectivity index (χ3v) is 4.84. The second-order valence-electron chi connectivity index (χ2n) is 2.88. The summed E-state index contributed by atoms with van der Waals surface area (Å²) in [5, 5.41) is 3.26. The first kappa shape index (κ1) is 8.87. The molecule has 3 heteroatoms. The van der Waals surface area contributed by atoms with Crippen molar-refractivity contribution in [1.29, 1.82) is 0 Å². The van der Waals surface area contributed by atoms with Crippen LogP contribution in [0.15, 0.2) is 42.7 Å². The number of nitrogens with one attached hydrogen (secondary N) is 1. The van der Waals surface area contributed by atoms with Gasteiger partial charge in [-0.25, -0.2) is 0 Å². The Labute approximate surface area is 89.2 Å². The summed E-state index contributed by atoms with van der Waals surface area (Å²) in [5.74, 6) is 0. The predicted octanol–water partition coefficient (Wildman–Crippen LogP) is -1.42. The van der Waals surface area contributed by atoms with Crippen molar-refractivity contribution >= 4 is 0 Å². The van der Waals surface area contributed by atoms with Crippen molar-refractivity contribution in [2.24, 2.45) is 0 Å². The van der Waals surface area contributed by atoms with Gasteiger partial charge in [0, 0.05) is 0 Å². The number of rotatable bonds is 2. The van der Waals surface area contributed by atoms with Crippen molar-refractivity contribution in [3.8, 4) is 0 Å². The molecule has 0 saturated heterocycles. The Hall–Kier alpha value is -0.710. The van der Waals surface area contributed by atoms with Crippen molar-refractivity contribution in [2.75, 3.05) is 0 Å². The number of hydrogen-bond donors (Lipinski definition) is 1. The van der Waals surface area contributed by atoms with E-state index >= 15 is 0 Å². The second-order valence-corrected chi connectivity index (χ2v) is 5.72. The topological polar surface area (TPSA) is 15.3 Å². The van der Waals surface area contributed by atoms with Gasteiger partial charge in [0.25, 0.3) is 0 Å². The Balaban J connectivity index is 2.02. The first-order valence-corrected chi connectivity index (χ1v) is 6.32. The first-order valence-electron chi connectivity index (χ1n) is 4.27. The van der Waals surface area contributed by atoms with Crippen LogP contribution in [0, 0.1) is 3.57 Å². The minimum absolute atomic E-state index is 0.0330. The maximum absolute atomic E-state index is 3.26. The fourth-order valence-electron chi connectivity index (χ4n) is 1.14. The number of hydrogen-bond acceptors (Lipinski definition) is 2. The van der Waals surface area contributed by atoms with Gasteiger partial charge in [0.1, 0.15) is 0 Å². The SMILES string of the molecule is C[C@H]1NC=CN1[I-]c1ccccc1. The molecule has 0 unspecified atom stereocenters. The molecule has 1 heterocycles. The van der Waals surface area contributed by atoms with Gasteiger partial charge in [-0.05, 0) is 0 Å². The molecule has 1 aromatic carbocycles. The molecule has 1 aliphatic heterocycles. The van der Waals surface area contributed by atoms with Crippen LogP contribution in [0.5, 0.6) is 0 Å². The normalized spacial score (nSPS) is 20.7. The Bertz CT molecular complexity index is 297. The van der Waals surface area contributed by atoms with Gasteiger partial charge in [-0.3, -0.25) is 0 Å². The molecule has 1 atom stereocenters. The van der Waals surface area contributed by atoms with Crippen molar-refractivity contribution in [3.63, 3.8) is 0 Å². The molecule has 0 amide bonds. The molecule has 0 radical (unpaired) electrons. The molecule has 0 aromatic heterocycles. The number of benzene rings is 1. The van der Waals surface area contributed by atoms with E-state index in [2.05, 4.69) is 51.9 Å². The Morgan fingerprint density at radius 3 is 2.69 bits per heavy atom. The summed E-state index contributed by atoms with van der Waals surface area (Å²) in [6, 6.07) is 10.7. The molecule has 1 aliphatic rings. The molecule has 0 bridgehead atoms. The molecular weight excluding hydrogens is 275 g/mol. The summed E-state index contributed by atoms with van der Waals surface area (Å²) in [6.45, 7) is 2.18. The summed E-state index contributed by atoms with van der Waals surface area (Å²) < 4.78 is 3.84. The third-order valence-electron chi connectivity index (χ3n) is 1.85. The van der Waals surface area contributed by atoms with Gasteiger partial charge >= 0.3 is 89.3 Å². The second kappa shape index (κ2) is 4.00. The van der Waals surface area contributed by atoms with Gasteiger partial charge in [-0.2, -0.15) is 0 Å². The summed E-state index contributed by atoms with van der Waals surface area (Å²) in [5.41, 5.74) is 0. The molecular formula is C10H12IN2-. The average molecular weight is 287 g/mol. The van der Waals surface area contributed by atoms with Gasteiger partial charge in [-0.15, -0.1) is 0 Å².